The van der Waals surface area contributed by atoms with Crippen molar-refractivity contribution in [2.45, 2.75) is 26.4 Å². The third kappa shape index (κ3) is 2.46. The molecule has 0 saturated carbocycles. The molecule has 4 heteroatoms. The first-order valence-electron chi connectivity index (χ1n) is 5.31. The zero-order chi connectivity index (χ0) is 11.5. The molecule has 1 unspecified atom stereocenters. The molecule has 0 saturated heterocycles. The van der Waals surface area contributed by atoms with Gasteiger partial charge >= 0.3 is 0 Å². The van der Waals surface area contributed by atoms with E-state index in [1.54, 1.807) is 11.0 Å². The number of hydrogen-bond donors (Lipinski definition) is 1. The lowest BCUT2D eigenvalue weighted by molar-refractivity contribution is 0.526. The van der Waals surface area contributed by atoms with Crippen LogP contribution in [0.3, 0.4) is 0 Å². The van der Waals surface area contributed by atoms with E-state index in [1.807, 2.05) is 0 Å². The molecule has 0 fully saturated rings. The highest BCUT2D eigenvalue weighted by molar-refractivity contribution is 5.30. The number of aromatic nitrogens is 3. The van der Waals surface area contributed by atoms with Crippen molar-refractivity contribution >= 4 is 0 Å². The topological polar surface area (TPSA) is 56.7 Å². The van der Waals surface area contributed by atoms with Crippen LogP contribution < -0.4 is 5.73 Å². The van der Waals surface area contributed by atoms with E-state index in [0.29, 0.717) is 6.54 Å². The number of nitrogens with two attached hydrogens (primary N) is 1. The Morgan fingerprint density at radius 3 is 2.50 bits per heavy atom. The number of hydrogen-bond acceptors (Lipinski definition) is 3. The van der Waals surface area contributed by atoms with Gasteiger partial charge in [-0.2, -0.15) is 5.10 Å². The van der Waals surface area contributed by atoms with Gasteiger partial charge in [-0.1, -0.05) is 29.3 Å². The Labute approximate surface area is 95.1 Å². The summed E-state index contributed by atoms with van der Waals surface area (Å²) in [6.45, 7) is 4.82. The average Bonchev–Trinajstić information content (AvgIpc) is 2.68. The molecule has 2 aromatic rings. The molecule has 0 aliphatic rings. The highest BCUT2D eigenvalue weighted by atomic mass is 15.3. The SMILES string of the molecule is Cc1cc(C)cc(C(N)Cn2cncn2)c1. The predicted octanol–water partition coefficient (Wildman–Crippen LogP) is 1.59. The number of benzene rings is 1. The van der Waals surface area contributed by atoms with Crippen LogP contribution in [-0.2, 0) is 6.54 Å². The highest BCUT2D eigenvalue weighted by Crippen LogP contribution is 2.16. The smallest absolute Gasteiger partial charge is 0.137 e. The van der Waals surface area contributed by atoms with Gasteiger partial charge in [0, 0.05) is 6.04 Å². The Hall–Kier alpha value is -1.68. The lowest BCUT2D eigenvalue weighted by Gasteiger charge is -2.13. The standard InChI is InChI=1S/C12H16N4/c1-9-3-10(2)5-11(4-9)12(13)6-16-8-14-7-15-16/h3-5,7-8,12H,6,13H2,1-2H3. The summed E-state index contributed by atoms with van der Waals surface area (Å²) in [5, 5.41) is 4.05. The van der Waals surface area contributed by atoms with Gasteiger partial charge in [0.1, 0.15) is 12.7 Å². The molecule has 0 radical (unpaired) electrons. The van der Waals surface area contributed by atoms with Crippen LogP contribution >= 0.6 is 0 Å². The van der Waals surface area contributed by atoms with Crippen molar-refractivity contribution in [2.75, 3.05) is 0 Å². The molecule has 1 aromatic heterocycles. The van der Waals surface area contributed by atoms with Gasteiger partial charge in [-0.15, -0.1) is 0 Å². The summed E-state index contributed by atoms with van der Waals surface area (Å²) in [6, 6.07) is 6.34. The monoisotopic (exact) mass is 216 g/mol. The van der Waals surface area contributed by atoms with E-state index in [2.05, 4.69) is 42.1 Å². The lowest BCUT2D eigenvalue weighted by Crippen LogP contribution is -2.18. The second-order valence-corrected chi connectivity index (χ2v) is 4.15. The molecule has 4 nitrogen and oxygen atoms in total. The minimum atomic E-state index is -0.0414. The van der Waals surface area contributed by atoms with E-state index in [1.165, 1.54) is 17.5 Å². The van der Waals surface area contributed by atoms with E-state index in [9.17, 15) is 0 Å². The first-order chi connectivity index (χ1) is 7.65. The molecule has 2 N–H and O–H groups in total. The van der Waals surface area contributed by atoms with Crippen molar-refractivity contribution in [3.05, 3.63) is 47.5 Å². The fourth-order valence-electron chi connectivity index (χ4n) is 1.86. The molecule has 0 bridgehead atoms. The maximum atomic E-state index is 6.14. The van der Waals surface area contributed by atoms with Crippen molar-refractivity contribution in [1.29, 1.82) is 0 Å². The molecule has 1 heterocycles. The summed E-state index contributed by atoms with van der Waals surface area (Å²) < 4.78 is 1.75. The zero-order valence-corrected chi connectivity index (χ0v) is 9.59. The molecule has 1 atom stereocenters. The van der Waals surface area contributed by atoms with E-state index < -0.39 is 0 Å². The second-order valence-electron chi connectivity index (χ2n) is 4.15. The van der Waals surface area contributed by atoms with E-state index in [0.717, 1.165) is 5.56 Å². The molecular weight excluding hydrogens is 200 g/mol. The summed E-state index contributed by atoms with van der Waals surface area (Å²) >= 11 is 0. The van der Waals surface area contributed by atoms with Crippen molar-refractivity contribution in [3.63, 3.8) is 0 Å². The first-order valence-corrected chi connectivity index (χ1v) is 5.31. The summed E-state index contributed by atoms with van der Waals surface area (Å²) in [4.78, 5) is 3.90. The molecule has 16 heavy (non-hydrogen) atoms. The molecule has 1 aromatic carbocycles. The van der Waals surface area contributed by atoms with Gasteiger partial charge in [-0.05, 0) is 19.4 Å². The van der Waals surface area contributed by atoms with Crippen LogP contribution in [0.2, 0.25) is 0 Å². The molecular formula is C12H16N4. The van der Waals surface area contributed by atoms with Gasteiger partial charge in [0.25, 0.3) is 0 Å². The van der Waals surface area contributed by atoms with Crippen LogP contribution in [0.15, 0.2) is 30.9 Å². The Balaban J connectivity index is 2.17. The Morgan fingerprint density at radius 2 is 1.94 bits per heavy atom. The van der Waals surface area contributed by atoms with Crippen LogP contribution in [0.5, 0.6) is 0 Å². The lowest BCUT2D eigenvalue weighted by atomic mass is 10.0. The minimum Gasteiger partial charge on any atom is -0.322 e. The van der Waals surface area contributed by atoms with Crippen LogP contribution in [-0.4, -0.2) is 14.8 Å². The summed E-state index contributed by atoms with van der Waals surface area (Å²) in [7, 11) is 0. The third-order valence-electron chi connectivity index (χ3n) is 2.52. The Bertz CT molecular complexity index is 442. The third-order valence-corrected chi connectivity index (χ3v) is 2.52. The normalized spacial score (nSPS) is 12.7. The van der Waals surface area contributed by atoms with Gasteiger partial charge in [0.15, 0.2) is 0 Å². The number of nitrogens with zero attached hydrogens (tertiary/aromatic N) is 3. The summed E-state index contributed by atoms with van der Waals surface area (Å²) in [6.07, 6.45) is 3.21. The zero-order valence-electron chi connectivity index (χ0n) is 9.59. The summed E-state index contributed by atoms with van der Waals surface area (Å²) in [5.41, 5.74) is 9.76. The molecule has 84 valence electrons. The largest absolute Gasteiger partial charge is 0.322 e. The fourth-order valence-corrected chi connectivity index (χ4v) is 1.86. The van der Waals surface area contributed by atoms with Gasteiger partial charge in [0.05, 0.1) is 6.54 Å². The highest BCUT2D eigenvalue weighted by Gasteiger charge is 2.08. The molecule has 0 amide bonds. The molecule has 2 rings (SSSR count). The van der Waals surface area contributed by atoms with Crippen molar-refractivity contribution in [1.82, 2.24) is 14.8 Å². The van der Waals surface area contributed by atoms with Crippen LogP contribution in [0.25, 0.3) is 0 Å². The van der Waals surface area contributed by atoms with Gasteiger partial charge in [-0.25, -0.2) is 4.98 Å². The Morgan fingerprint density at radius 1 is 1.25 bits per heavy atom. The maximum Gasteiger partial charge on any atom is 0.137 e. The van der Waals surface area contributed by atoms with Gasteiger partial charge < -0.3 is 5.73 Å². The summed E-state index contributed by atoms with van der Waals surface area (Å²) in [5.74, 6) is 0. The number of rotatable bonds is 3. The second kappa shape index (κ2) is 4.45. The molecule has 0 aliphatic carbocycles. The van der Waals surface area contributed by atoms with Crippen LogP contribution in [0.4, 0.5) is 0 Å². The van der Waals surface area contributed by atoms with E-state index in [-0.39, 0.29) is 6.04 Å². The van der Waals surface area contributed by atoms with Crippen LogP contribution in [0, 0.1) is 13.8 Å². The fraction of sp³-hybridized carbons (Fsp3) is 0.333. The maximum absolute atomic E-state index is 6.14. The Kier molecular flexibility index (Phi) is 3.01. The van der Waals surface area contributed by atoms with Crippen molar-refractivity contribution in [3.8, 4) is 0 Å². The van der Waals surface area contributed by atoms with E-state index >= 15 is 0 Å². The van der Waals surface area contributed by atoms with Gasteiger partial charge in [0.2, 0.25) is 0 Å². The predicted molar refractivity (Wildman–Crippen MR) is 62.9 cm³/mol. The first kappa shape index (κ1) is 10.8. The minimum absolute atomic E-state index is 0.0414. The van der Waals surface area contributed by atoms with E-state index in [4.69, 9.17) is 5.73 Å². The van der Waals surface area contributed by atoms with Crippen molar-refractivity contribution in [2.24, 2.45) is 5.73 Å². The molecule has 0 spiro atoms. The molecule has 0 aliphatic heterocycles. The van der Waals surface area contributed by atoms with Crippen molar-refractivity contribution < 1.29 is 0 Å². The van der Waals surface area contributed by atoms with Gasteiger partial charge in [-0.3, -0.25) is 4.68 Å². The quantitative estimate of drug-likeness (QED) is 0.847. The average molecular weight is 216 g/mol. The number of aryl methyl sites for hydroxylation is 2. The van der Waals surface area contributed by atoms with Crippen LogP contribution in [0.1, 0.15) is 22.7 Å².